The molecule has 1 aliphatic rings. The Morgan fingerprint density at radius 2 is 2.04 bits per heavy atom. The number of carbonyl (C=O) groups is 1. The largest absolute Gasteiger partial charge is 0.324 e. The number of thiazole rings is 1. The second kappa shape index (κ2) is 5.96. The van der Waals surface area contributed by atoms with Crippen molar-refractivity contribution in [1.29, 1.82) is 0 Å². The number of anilines is 1. The molecule has 0 spiro atoms. The number of amides is 2. The van der Waals surface area contributed by atoms with E-state index in [9.17, 15) is 4.79 Å². The van der Waals surface area contributed by atoms with Gasteiger partial charge in [0.2, 0.25) is 0 Å². The summed E-state index contributed by atoms with van der Waals surface area (Å²) in [5.74, 6) is 0. The summed E-state index contributed by atoms with van der Waals surface area (Å²) >= 11 is 1.50. The SMILES string of the molecule is O=C(Nc1nc2ccccc2s1)N1CCC[C@H]1c1ccncc1. The number of carbonyl (C=O) groups excluding carboxylic acids is 1. The van der Waals surface area contributed by atoms with Crippen LogP contribution >= 0.6 is 11.3 Å². The highest BCUT2D eigenvalue weighted by molar-refractivity contribution is 7.22. The predicted octanol–water partition coefficient (Wildman–Crippen LogP) is 4.06. The fourth-order valence-electron chi connectivity index (χ4n) is 3.03. The molecule has 116 valence electrons. The summed E-state index contributed by atoms with van der Waals surface area (Å²) in [6.45, 7) is 0.768. The van der Waals surface area contributed by atoms with Gasteiger partial charge in [-0.15, -0.1) is 0 Å². The van der Waals surface area contributed by atoms with E-state index in [4.69, 9.17) is 0 Å². The van der Waals surface area contributed by atoms with Gasteiger partial charge in [-0.1, -0.05) is 23.5 Å². The molecule has 5 nitrogen and oxygen atoms in total. The molecule has 4 rings (SSSR count). The van der Waals surface area contributed by atoms with Gasteiger partial charge in [0.1, 0.15) is 0 Å². The topological polar surface area (TPSA) is 58.1 Å². The first-order valence-electron chi connectivity index (χ1n) is 7.64. The Hall–Kier alpha value is -2.47. The first-order valence-corrected chi connectivity index (χ1v) is 8.46. The van der Waals surface area contributed by atoms with Crippen LogP contribution in [0, 0.1) is 0 Å². The Morgan fingerprint density at radius 1 is 1.22 bits per heavy atom. The fraction of sp³-hybridized carbons (Fsp3) is 0.235. The zero-order chi connectivity index (χ0) is 15.6. The van der Waals surface area contributed by atoms with Crippen molar-refractivity contribution < 1.29 is 4.79 Å². The summed E-state index contributed by atoms with van der Waals surface area (Å²) in [5, 5.41) is 3.60. The number of hydrogen-bond donors (Lipinski definition) is 1. The maximum Gasteiger partial charge on any atom is 0.324 e. The lowest BCUT2D eigenvalue weighted by molar-refractivity contribution is 0.207. The zero-order valence-electron chi connectivity index (χ0n) is 12.5. The average Bonchev–Trinajstić information content (AvgIpc) is 3.22. The fourth-order valence-corrected chi connectivity index (χ4v) is 3.89. The lowest BCUT2D eigenvalue weighted by atomic mass is 10.1. The van der Waals surface area contributed by atoms with Crippen molar-refractivity contribution in [2.75, 3.05) is 11.9 Å². The van der Waals surface area contributed by atoms with Gasteiger partial charge in [-0.3, -0.25) is 10.3 Å². The molecule has 1 aromatic carbocycles. The number of para-hydroxylation sites is 1. The van der Waals surface area contributed by atoms with Gasteiger partial charge in [0.25, 0.3) is 0 Å². The van der Waals surface area contributed by atoms with Crippen LogP contribution in [0.4, 0.5) is 9.93 Å². The van der Waals surface area contributed by atoms with Crippen LogP contribution in [0.25, 0.3) is 10.2 Å². The van der Waals surface area contributed by atoms with Gasteiger partial charge in [0.05, 0.1) is 16.3 Å². The first kappa shape index (κ1) is 14.1. The van der Waals surface area contributed by atoms with Crippen LogP contribution in [0.1, 0.15) is 24.4 Å². The number of hydrogen-bond acceptors (Lipinski definition) is 4. The highest BCUT2D eigenvalue weighted by Crippen LogP contribution is 2.33. The number of fused-ring (bicyclic) bond motifs is 1. The third-order valence-corrected chi connectivity index (χ3v) is 5.06. The predicted molar refractivity (Wildman–Crippen MR) is 91.6 cm³/mol. The number of nitrogens with one attached hydrogen (secondary N) is 1. The second-order valence-corrected chi connectivity index (χ2v) is 6.58. The molecule has 0 unspecified atom stereocenters. The third kappa shape index (κ3) is 2.77. The van der Waals surface area contributed by atoms with E-state index in [2.05, 4.69) is 15.3 Å². The van der Waals surface area contributed by atoms with Crippen molar-refractivity contribution in [3.63, 3.8) is 0 Å². The van der Waals surface area contributed by atoms with Gasteiger partial charge < -0.3 is 4.90 Å². The molecule has 0 saturated carbocycles. The molecule has 3 heterocycles. The maximum atomic E-state index is 12.6. The molecule has 3 aromatic rings. The Kier molecular flexibility index (Phi) is 3.67. The van der Waals surface area contributed by atoms with E-state index < -0.39 is 0 Å². The number of likely N-dealkylation sites (tertiary alicyclic amines) is 1. The molecule has 1 aliphatic heterocycles. The summed E-state index contributed by atoms with van der Waals surface area (Å²) in [7, 11) is 0. The monoisotopic (exact) mass is 324 g/mol. The number of urea groups is 1. The summed E-state index contributed by atoms with van der Waals surface area (Å²) in [5.41, 5.74) is 2.05. The highest BCUT2D eigenvalue weighted by atomic mass is 32.1. The summed E-state index contributed by atoms with van der Waals surface area (Å²) in [6.07, 6.45) is 5.55. The molecule has 2 aromatic heterocycles. The van der Waals surface area contributed by atoms with Crippen LogP contribution in [0.15, 0.2) is 48.8 Å². The van der Waals surface area contributed by atoms with E-state index >= 15 is 0 Å². The first-order chi connectivity index (χ1) is 11.3. The smallest absolute Gasteiger partial charge is 0.317 e. The molecular weight excluding hydrogens is 308 g/mol. The van der Waals surface area contributed by atoms with Crippen molar-refractivity contribution in [2.45, 2.75) is 18.9 Å². The minimum atomic E-state index is -0.0802. The lowest BCUT2D eigenvalue weighted by Gasteiger charge is -2.24. The molecule has 1 fully saturated rings. The van der Waals surface area contributed by atoms with Crippen LogP contribution in [0.5, 0.6) is 0 Å². The van der Waals surface area contributed by atoms with E-state index in [0.29, 0.717) is 5.13 Å². The van der Waals surface area contributed by atoms with Crippen molar-refractivity contribution in [3.05, 3.63) is 54.4 Å². The van der Waals surface area contributed by atoms with Gasteiger partial charge in [0.15, 0.2) is 5.13 Å². The molecule has 6 heteroatoms. The Morgan fingerprint density at radius 3 is 2.87 bits per heavy atom. The van der Waals surface area contributed by atoms with E-state index in [1.54, 1.807) is 12.4 Å². The molecular formula is C17H16N4OS. The van der Waals surface area contributed by atoms with Crippen LogP contribution in [0.2, 0.25) is 0 Å². The zero-order valence-corrected chi connectivity index (χ0v) is 13.3. The van der Waals surface area contributed by atoms with Crippen LogP contribution in [-0.2, 0) is 0 Å². The summed E-state index contributed by atoms with van der Waals surface area (Å²) in [6, 6.07) is 11.9. The summed E-state index contributed by atoms with van der Waals surface area (Å²) < 4.78 is 1.08. The van der Waals surface area contributed by atoms with E-state index in [1.165, 1.54) is 11.3 Å². The molecule has 0 bridgehead atoms. The van der Waals surface area contributed by atoms with Gasteiger partial charge in [-0.05, 0) is 42.7 Å². The summed E-state index contributed by atoms with van der Waals surface area (Å²) in [4.78, 5) is 23.1. The van der Waals surface area contributed by atoms with E-state index in [1.807, 2.05) is 41.3 Å². The Bertz CT molecular complexity index is 800. The molecule has 23 heavy (non-hydrogen) atoms. The number of rotatable bonds is 2. The van der Waals surface area contributed by atoms with Crippen LogP contribution in [0.3, 0.4) is 0 Å². The number of benzene rings is 1. The number of pyridine rings is 1. The van der Waals surface area contributed by atoms with E-state index in [0.717, 1.165) is 35.2 Å². The van der Waals surface area contributed by atoms with Crippen molar-refractivity contribution in [1.82, 2.24) is 14.9 Å². The van der Waals surface area contributed by atoms with Crippen LogP contribution < -0.4 is 5.32 Å². The minimum absolute atomic E-state index is 0.0802. The second-order valence-electron chi connectivity index (χ2n) is 5.55. The quantitative estimate of drug-likeness (QED) is 0.773. The number of nitrogens with zero attached hydrogens (tertiary/aromatic N) is 3. The lowest BCUT2D eigenvalue weighted by Crippen LogP contribution is -2.34. The number of aromatic nitrogens is 2. The maximum absolute atomic E-state index is 12.6. The minimum Gasteiger partial charge on any atom is -0.317 e. The van der Waals surface area contributed by atoms with E-state index in [-0.39, 0.29) is 12.1 Å². The molecule has 2 amide bonds. The van der Waals surface area contributed by atoms with Gasteiger partial charge >= 0.3 is 6.03 Å². The average molecular weight is 324 g/mol. The van der Waals surface area contributed by atoms with Gasteiger partial charge in [-0.25, -0.2) is 9.78 Å². The molecule has 1 atom stereocenters. The molecule has 1 N–H and O–H groups in total. The molecule has 0 radical (unpaired) electrons. The van der Waals surface area contributed by atoms with Crippen molar-refractivity contribution >= 4 is 32.7 Å². The van der Waals surface area contributed by atoms with Crippen molar-refractivity contribution in [3.8, 4) is 0 Å². The Balaban J connectivity index is 1.54. The van der Waals surface area contributed by atoms with Crippen LogP contribution in [-0.4, -0.2) is 27.4 Å². The van der Waals surface area contributed by atoms with Gasteiger partial charge in [0, 0.05) is 18.9 Å². The highest BCUT2D eigenvalue weighted by Gasteiger charge is 2.30. The van der Waals surface area contributed by atoms with Gasteiger partial charge in [-0.2, -0.15) is 0 Å². The Labute approximate surface area is 138 Å². The van der Waals surface area contributed by atoms with Crippen molar-refractivity contribution in [2.24, 2.45) is 0 Å². The molecule has 1 saturated heterocycles. The standard InChI is InChI=1S/C17H16N4OS/c22-17(20-16-19-13-4-1-2-6-15(13)23-16)21-11-3-5-14(21)12-7-9-18-10-8-12/h1-2,4,6-10,14H,3,5,11H2,(H,19,20,22)/t14-/m0/s1. The normalized spacial score (nSPS) is 17.6. The molecule has 0 aliphatic carbocycles. The third-order valence-electron chi connectivity index (χ3n) is 4.11.